The van der Waals surface area contributed by atoms with Crippen molar-refractivity contribution in [3.05, 3.63) is 23.2 Å². The van der Waals surface area contributed by atoms with E-state index in [4.69, 9.17) is 12.2 Å². The van der Waals surface area contributed by atoms with E-state index >= 15 is 0 Å². The van der Waals surface area contributed by atoms with Gasteiger partial charge in [0, 0.05) is 12.7 Å². The van der Waals surface area contributed by atoms with Gasteiger partial charge in [0.05, 0.1) is 17.2 Å². The van der Waals surface area contributed by atoms with Crippen LogP contribution in [0.1, 0.15) is 39.0 Å². The highest BCUT2D eigenvalue weighted by Gasteiger charge is 2.27. The molecular formula is C14H19N3S. The normalized spacial score (nSPS) is 19.2. The summed E-state index contributed by atoms with van der Waals surface area (Å²) in [4.78, 5) is 7.39. The zero-order valence-electron chi connectivity index (χ0n) is 10.8. The maximum Gasteiger partial charge on any atom is 0.178 e. The minimum Gasteiger partial charge on any atom is -0.329 e. The Balaban J connectivity index is 1.99. The Kier molecular flexibility index (Phi) is 2.98. The van der Waals surface area contributed by atoms with Crippen LogP contribution >= 0.6 is 12.2 Å². The van der Waals surface area contributed by atoms with Crippen LogP contribution in [0, 0.1) is 10.2 Å². The molecule has 1 N–H and O–H groups in total. The largest absolute Gasteiger partial charge is 0.329 e. The number of fused-ring (bicyclic) bond motifs is 1. The molecule has 1 aliphatic rings. The SMILES string of the molecule is CC1(Cn2c(=S)[nH]c3cnccc32)CCCCC1. The monoisotopic (exact) mass is 261 g/mol. The lowest BCUT2D eigenvalue weighted by molar-refractivity contribution is 0.184. The number of pyridine rings is 1. The van der Waals surface area contributed by atoms with Crippen molar-refractivity contribution in [3.8, 4) is 0 Å². The van der Waals surface area contributed by atoms with E-state index in [0.29, 0.717) is 5.41 Å². The molecule has 1 aliphatic carbocycles. The number of aromatic nitrogens is 3. The van der Waals surface area contributed by atoms with E-state index < -0.39 is 0 Å². The van der Waals surface area contributed by atoms with Crippen LogP contribution in [0.25, 0.3) is 11.0 Å². The predicted octanol–water partition coefficient (Wildman–Crippen LogP) is 4.06. The first-order chi connectivity index (χ1) is 8.68. The molecule has 0 aromatic carbocycles. The molecule has 1 saturated carbocycles. The van der Waals surface area contributed by atoms with Crippen LogP contribution in [0.5, 0.6) is 0 Å². The standard InChI is InChI=1S/C14H19N3S/c1-14(6-3-2-4-7-14)10-17-12-5-8-15-9-11(12)16-13(17)18/h5,8-9H,2-4,6-7,10H2,1H3,(H,16,18). The van der Waals surface area contributed by atoms with Gasteiger partial charge in [0.25, 0.3) is 0 Å². The maximum absolute atomic E-state index is 5.45. The second-order valence-electron chi connectivity index (χ2n) is 5.78. The molecule has 2 heterocycles. The third-order valence-corrected chi connectivity index (χ3v) is 4.50. The topological polar surface area (TPSA) is 33.6 Å². The van der Waals surface area contributed by atoms with Gasteiger partial charge in [-0.25, -0.2) is 0 Å². The molecule has 0 unspecified atom stereocenters. The highest BCUT2D eigenvalue weighted by Crippen LogP contribution is 2.37. The molecule has 0 aliphatic heterocycles. The van der Waals surface area contributed by atoms with E-state index in [1.54, 1.807) is 0 Å². The van der Waals surface area contributed by atoms with Crippen molar-refractivity contribution >= 4 is 23.3 Å². The fourth-order valence-corrected chi connectivity index (χ4v) is 3.39. The van der Waals surface area contributed by atoms with Gasteiger partial charge < -0.3 is 9.55 Å². The summed E-state index contributed by atoms with van der Waals surface area (Å²) in [6, 6.07) is 2.05. The average molecular weight is 261 g/mol. The first-order valence-electron chi connectivity index (χ1n) is 6.71. The Labute approximate surface area is 112 Å². The van der Waals surface area contributed by atoms with Crippen LogP contribution in [0.15, 0.2) is 18.5 Å². The maximum atomic E-state index is 5.45. The van der Waals surface area contributed by atoms with Gasteiger partial charge in [-0.3, -0.25) is 4.98 Å². The Bertz CT molecular complexity index is 605. The Hall–Kier alpha value is -1.16. The number of aromatic amines is 1. The van der Waals surface area contributed by atoms with Crippen molar-refractivity contribution in [2.75, 3.05) is 0 Å². The number of imidazole rings is 1. The van der Waals surface area contributed by atoms with E-state index in [9.17, 15) is 0 Å². The molecule has 0 amide bonds. The van der Waals surface area contributed by atoms with Gasteiger partial charge >= 0.3 is 0 Å². The fourth-order valence-electron chi connectivity index (χ4n) is 3.11. The van der Waals surface area contributed by atoms with Gasteiger partial charge in [-0.1, -0.05) is 26.2 Å². The van der Waals surface area contributed by atoms with Crippen molar-refractivity contribution in [3.63, 3.8) is 0 Å². The summed E-state index contributed by atoms with van der Waals surface area (Å²) in [5.41, 5.74) is 2.62. The molecule has 1 fully saturated rings. The molecule has 18 heavy (non-hydrogen) atoms. The van der Waals surface area contributed by atoms with Crippen molar-refractivity contribution < 1.29 is 0 Å². The smallest absolute Gasteiger partial charge is 0.178 e. The number of hydrogen-bond acceptors (Lipinski definition) is 2. The van der Waals surface area contributed by atoms with Crippen molar-refractivity contribution in [1.29, 1.82) is 0 Å². The number of rotatable bonds is 2. The van der Waals surface area contributed by atoms with Crippen molar-refractivity contribution in [2.24, 2.45) is 5.41 Å². The third kappa shape index (κ3) is 2.09. The zero-order chi connectivity index (χ0) is 12.6. The Morgan fingerprint density at radius 1 is 1.39 bits per heavy atom. The second-order valence-corrected chi connectivity index (χ2v) is 6.17. The van der Waals surface area contributed by atoms with Crippen molar-refractivity contribution in [2.45, 2.75) is 45.6 Å². The summed E-state index contributed by atoms with van der Waals surface area (Å²) < 4.78 is 3.07. The fraction of sp³-hybridized carbons (Fsp3) is 0.571. The van der Waals surface area contributed by atoms with Crippen LogP contribution in [0.3, 0.4) is 0 Å². The van der Waals surface area contributed by atoms with Crippen LogP contribution in [-0.4, -0.2) is 14.5 Å². The summed E-state index contributed by atoms with van der Waals surface area (Å²) in [6.45, 7) is 3.42. The van der Waals surface area contributed by atoms with E-state index in [-0.39, 0.29) is 0 Å². The van der Waals surface area contributed by atoms with Gasteiger partial charge in [-0.2, -0.15) is 0 Å². The Morgan fingerprint density at radius 2 is 2.17 bits per heavy atom. The minimum absolute atomic E-state index is 0.398. The van der Waals surface area contributed by atoms with Crippen LogP contribution in [-0.2, 0) is 6.54 Å². The van der Waals surface area contributed by atoms with Crippen LogP contribution in [0.2, 0.25) is 0 Å². The van der Waals surface area contributed by atoms with Crippen LogP contribution < -0.4 is 0 Å². The summed E-state index contributed by atoms with van der Waals surface area (Å²) in [6.07, 6.45) is 10.4. The molecule has 3 nitrogen and oxygen atoms in total. The van der Waals surface area contributed by atoms with Gasteiger partial charge in [0.2, 0.25) is 0 Å². The molecule has 3 rings (SSSR count). The molecule has 96 valence electrons. The number of hydrogen-bond donors (Lipinski definition) is 1. The lowest BCUT2D eigenvalue weighted by Crippen LogP contribution is -2.26. The molecule has 0 spiro atoms. The second kappa shape index (κ2) is 4.50. The van der Waals surface area contributed by atoms with E-state index in [0.717, 1.165) is 16.8 Å². The molecular weight excluding hydrogens is 242 g/mol. The van der Waals surface area contributed by atoms with Crippen LogP contribution in [0.4, 0.5) is 0 Å². The van der Waals surface area contributed by atoms with Gasteiger partial charge in [-0.05, 0) is 36.5 Å². The van der Waals surface area contributed by atoms with E-state index in [1.807, 2.05) is 18.5 Å². The number of H-pyrrole nitrogens is 1. The summed E-state index contributed by atoms with van der Waals surface area (Å²) in [7, 11) is 0. The summed E-state index contributed by atoms with van der Waals surface area (Å²) in [5.74, 6) is 0. The third-order valence-electron chi connectivity index (χ3n) is 4.18. The number of nitrogens with one attached hydrogen (secondary N) is 1. The molecule has 2 aromatic rings. The van der Waals surface area contributed by atoms with Gasteiger partial charge in [-0.15, -0.1) is 0 Å². The first kappa shape index (κ1) is 11.9. The molecule has 0 radical (unpaired) electrons. The summed E-state index contributed by atoms with van der Waals surface area (Å²) in [5, 5.41) is 0. The average Bonchev–Trinajstić information content (AvgIpc) is 2.67. The molecule has 4 heteroatoms. The lowest BCUT2D eigenvalue weighted by Gasteiger charge is -2.34. The zero-order valence-corrected chi connectivity index (χ0v) is 11.6. The Morgan fingerprint density at radius 3 is 2.94 bits per heavy atom. The first-order valence-corrected chi connectivity index (χ1v) is 7.11. The lowest BCUT2D eigenvalue weighted by atomic mass is 9.75. The van der Waals surface area contributed by atoms with Gasteiger partial charge in [0.15, 0.2) is 4.77 Å². The van der Waals surface area contributed by atoms with E-state index in [1.165, 1.54) is 37.6 Å². The predicted molar refractivity (Wildman–Crippen MR) is 76.1 cm³/mol. The minimum atomic E-state index is 0.398. The molecule has 0 bridgehead atoms. The molecule has 0 atom stereocenters. The van der Waals surface area contributed by atoms with Crippen molar-refractivity contribution in [1.82, 2.24) is 14.5 Å². The van der Waals surface area contributed by atoms with Gasteiger partial charge in [0.1, 0.15) is 0 Å². The molecule has 0 saturated heterocycles. The highest BCUT2D eigenvalue weighted by atomic mass is 32.1. The summed E-state index contributed by atoms with van der Waals surface area (Å²) >= 11 is 5.45. The quantitative estimate of drug-likeness (QED) is 0.827. The molecule has 2 aromatic heterocycles. The highest BCUT2D eigenvalue weighted by molar-refractivity contribution is 7.71. The number of nitrogens with zero attached hydrogens (tertiary/aromatic N) is 2. The van der Waals surface area contributed by atoms with E-state index in [2.05, 4.69) is 21.5 Å².